The van der Waals surface area contributed by atoms with Crippen LogP contribution in [-0.2, 0) is 5.66 Å². The maximum atomic E-state index is 6.66. The van der Waals surface area contributed by atoms with Crippen molar-refractivity contribution in [2.45, 2.75) is 5.66 Å². The lowest BCUT2D eigenvalue weighted by Crippen LogP contribution is -2.71. The fourth-order valence-corrected chi connectivity index (χ4v) is 7.26. The van der Waals surface area contributed by atoms with Crippen LogP contribution < -0.4 is 13.9 Å². The SMILES string of the molecule is c1cc2c3c(c1)-c1cccc[n+]1C31c3c(ccc4c3c3c(ccc[n+]31)c1cc3ccccc3n14)O2. The normalized spacial score (nSPS) is 18.1. The summed E-state index contributed by atoms with van der Waals surface area (Å²) < 4.78 is 14.0. The second kappa shape index (κ2) is 5.18. The Bertz CT molecular complexity index is 2160. The molecule has 4 heteroatoms. The predicted molar refractivity (Wildman–Crippen MR) is 134 cm³/mol. The molecular weight excluding hydrogens is 430 g/mol. The molecule has 1 unspecified atom stereocenters. The number of pyridine rings is 3. The van der Waals surface area contributed by atoms with Gasteiger partial charge in [-0.2, -0.15) is 0 Å². The summed E-state index contributed by atoms with van der Waals surface area (Å²) in [4.78, 5) is 0. The monoisotopic (exact) mass is 447 g/mol. The van der Waals surface area contributed by atoms with E-state index in [1.807, 2.05) is 0 Å². The second-order valence-electron chi connectivity index (χ2n) is 9.81. The highest BCUT2D eigenvalue weighted by molar-refractivity contribution is 6.15. The molecule has 160 valence electrons. The minimum absolute atomic E-state index is 0.507. The van der Waals surface area contributed by atoms with Gasteiger partial charge in [0.15, 0.2) is 23.5 Å². The zero-order valence-electron chi connectivity index (χ0n) is 18.6. The average Bonchev–Trinajstić information content (AvgIpc) is 3.55. The molecule has 0 bridgehead atoms. The minimum atomic E-state index is -0.507. The third-order valence-corrected chi connectivity index (χ3v) is 8.38. The largest absolute Gasteiger partial charge is 0.456 e. The molecule has 4 aromatic heterocycles. The van der Waals surface area contributed by atoms with Crippen LogP contribution in [0.4, 0.5) is 0 Å². The van der Waals surface area contributed by atoms with Gasteiger partial charge in [-0.1, -0.05) is 24.3 Å². The molecule has 1 atom stereocenters. The molecule has 10 rings (SSSR count). The molecule has 0 aliphatic carbocycles. The van der Waals surface area contributed by atoms with Gasteiger partial charge in [-0.15, -0.1) is 9.13 Å². The summed E-state index contributed by atoms with van der Waals surface area (Å²) in [5.41, 5.74) is 9.38. The van der Waals surface area contributed by atoms with E-state index < -0.39 is 5.66 Å². The van der Waals surface area contributed by atoms with E-state index in [1.165, 1.54) is 60.6 Å². The molecule has 7 aromatic rings. The highest BCUT2D eigenvalue weighted by Gasteiger charge is 2.70. The first-order valence-electron chi connectivity index (χ1n) is 12.0. The Morgan fingerprint density at radius 2 is 1.54 bits per heavy atom. The molecule has 0 amide bonds. The van der Waals surface area contributed by atoms with Gasteiger partial charge in [-0.05, 0) is 48.5 Å². The number of ether oxygens (including phenoxy) is 1. The molecule has 0 fully saturated rings. The van der Waals surface area contributed by atoms with Crippen molar-refractivity contribution in [3.63, 3.8) is 0 Å². The van der Waals surface area contributed by atoms with Crippen molar-refractivity contribution in [1.82, 2.24) is 4.40 Å². The first-order chi connectivity index (χ1) is 17.4. The molecular formula is C31H17N3O+2. The van der Waals surface area contributed by atoms with Crippen molar-refractivity contribution < 1.29 is 13.9 Å². The Morgan fingerprint density at radius 3 is 2.54 bits per heavy atom. The topological polar surface area (TPSA) is 21.4 Å². The van der Waals surface area contributed by atoms with Gasteiger partial charge in [0.25, 0.3) is 0 Å². The first-order valence-corrected chi connectivity index (χ1v) is 12.0. The smallest absolute Gasteiger partial charge is 0.425 e. The summed E-state index contributed by atoms with van der Waals surface area (Å²) in [6, 6.07) is 32.8. The van der Waals surface area contributed by atoms with Crippen molar-refractivity contribution in [3.05, 3.63) is 115 Å². The highest BCUT2D eigenvalue weighted by Crippen LogP contribution is 2.57. The van der Waals surface area contributed by atoms with Crippen molar-refractivity contribution >= 4 is 38.2 Å². The van der Waals surface area contributed by atoms with Gasteiger partial charge in [0.05, 0.1) is 32.9 Å². The van der Waals surface area contributed by atoms with Crippen LogP contribution in [0.5, 0.6) is 11.5 Å². The van der Waals surface area contributed by atoms with E-state index in [1.54, 1.807) is 0 Å². The number of hydrogen-bond donors (Lipinski definition) is 0. The molecule has 3 aliphatic heterocycles. The number of para-hydroxylation sites is 1. The number of rotatable bonds is 0. The van der Waals surface area contributed by atoms with Gasteiger partial charge in [0, 0.05) is 23.6 Å². The van der Waals surface area contributed by atoms with Crippen molar-refractivity contribution in [2.24, 2.45) is 0 Å². The lowest BCUT2D eigenvalue weighted by atomic mass is 9.87. The number of fused-ring (bicyclic) bond motifs is 7. The van der Waals surface area contributed by atoms with E-state index in [-0.39, 0.29) is 0 Å². The second-order valence-corrected chi connectivity index (χ2v) is 9.81. The Labute approximate surface area is 199 Å². The molecule has 0 radical (unpaired) electrons. The van der Waals surface area contributed by atoms with Crippen LogP contribution >= 0.6 is 0 Å². The predicted octanol–water partition coefficient (Wildman–Crippen LogP) is 5.67. The van der Waals surface area contributed by atoms with E-state index in [0.29, 0.717) is 0 Å². The summed E-state index contributed by atoms with van der Waals surface area (Å²) in [7, 11) is 0. The number of nitrogens with zero attached hydrogens (tertiary/aromatic N) is 3. The number of benzene rings is 3. The number of aromatic nitrogens is 3. The van der Waals surface area contributed by atoms with Crippen LogP contribution in [0.2, 0.25) is 0 Å². The van der Waals surface area contributed by atoms with E-state index in [0.717, 1.165) is 11.5 Å². The zero-order valence-corrected chi connectivity index (χ0v) is 18.6. The molecule has 4 nitrogen and oxygen atoms in total. The average molecular weight is 447 g/mol. The third kappa shape index (κ3) is 1.56. The molecule has 0 saturated carbocycles. The lowest BCUT2D eigenvalue weighted by molar-refractivity contribution is -0.950. The Hall–Kier alpha value is -4.70. The van der Waals surface area contributed by atoms with Crippen LogP contribution in [0, 0.1) is 0 Å². The molecule has 7 heterocycles. The maximum absolute atomic E-state index is 6.66. The first kappa shape index (κ1) is 16.8. The fourth-order valence-electron chi connectivity index (χ4n) is 7.26. The Kier molecular flexibility index (Phi) is 2.49. The fraction of sp³-hybridized carbons (Fsp3) is 0.0323. The van der Waals surface area contributed by atoms with Gasteiger partial charge < -0.3 is 9.14 Å². The van der Waals surface area contributed by atoms with Crippen molar-refractivity contribution in [2.75, 3.05) is 0 Å². The van der Waals surface area contributed by atoms with Crippen LogP contribution in [0.25, 0.3) is 49.5 Å². The maximum Gasteiger partial charge on any atom is 0.425 e. The third-order valence-electron chi connectivity index (χ3n) is 8.38. The summed E-state index contributed by atoms with van der Waals surface area (Å²) in [5, 5.41) is 3.79. The van der Waals surface area contributed by atoms with Crippen molar-refractivity contribution in [3.8, 4) is 22.8 Å². The molecule has 0 saturated heterocycles. The minimum Gasteiger partial charge on any atom is -0.456 e. The van der Waals surface area contributed by atoms with Gasteiger partial charge in [0.1, 0.15) is 11.5 Å². The quantitative estimate of drug-likeness (QED) is 0.217. The van der Waals surface area contributed by atoms with E-state index in [4.69, 9.17) is 4.74 Å². The van der Waals surface area contributed by atoms with Gasteiger partial charge in [0.2, 0.25) is 11.2 Å². The summed E-state index contributed by atoms with van der Waals surface area (Å²) in [5.74, 6) is 1.87. The van der Waals surface area contributed by atoms with Gasteiger partial charge in [-0.3, -0.25) is 0 Å². The van der Waals surface area contributed by atoms with Crippen LogP contribution in [0.1, 0.15) is 11.1 Å². The standard InChI is InChI=1S/C31H17N3O/c1-2-10-21-18(7-1)17-24-20-9-6-16-33-30(20)27-23(34(21)24)13-14-26-29(27)31(33)28-19(8-5-12-25(28)35-26)22-11-3-4-15-32(22)31/h1-17H/q+2. The Morgan fingerprint density at radius 1 is 0.657 bits per heavy atom. The Balaban J connectivity index is 1.56. The zero-order chi connectivity index (χ0) is 22.5. The number of hydrogen-bond acceptors (Lipinski definition) is 1. The summed E-state index contributed by atoms with van der Waals surface area (Å²) >= 11 is 0. The van der Waals surface area contributed by atoms with E-state index >= 15 is 0 Å². The molecule has 35 heavy (non-hydrogen) atoms. The summed E-state index contributed by atoms with van der Waals surface area (Å²) in [6.45, 7) is 0. The van der Waals surface area contributed by atoms with Crippen LogP contribution in [-0.4, -0.2) is 4.40 Å². The van der Waals surface area contributed by atoms with E-state index in [2.05, 4.69) is 117 Å². The van der Waals surface area contributed by atoms with Gasteiger partial charge >= 0.3 is 5.66 Å². The van der Waals surface area contributed by atoms with Crippen molar-refractivity contribution in [1.29, 1.82) is 0 Å². The summed E-state index contributed by atoms with van der Waals surface area (Å²) in [6.07, 6.45) is 4.48. The molecule has 3 aliphatic rings. The van der Waals surface area contributed by atoms with Gasteiger partial charge in [-0.25, -0.2) is 0 Å². The molecule has 3 aromatic carbocycles. The highest BCUT2D eigenvalue weighted by atomic mass is 16.5. The molecule has 1 spiro atoms. The molecule has 0 N–H and O–H groups in total. The van der Waals surface area contributed by atoms with Crippen LogP contribution in [0.15, 0.2) is 103 Å². The van der Waals surface area contributed by atoms with E-state index in [9.17, 15) is 0 Å². The van der Waals surface area contributed by atoms with Crippen LogP contribution in [0.3, 0.4) is 0 Å². The lowest BCUT2D eigenvalue weighted by Gasteiger charge is -2.25.